The molecule has 1 N–H and O–H groups in total. The molecule has 1 aliphatic heterocycles. The monoisotopic (exact) mass is 282 g/mol. The second kappa shape index (κ2) is 6.26. The molecule has 104 valence electrons. The summed E-state index contributed by atoms with van der Waals surface area (Å²) in [5, 5.41) is 2.71. The Hall–Kier alpha value is -1.26. The van der Waals surface area contributed by atoms with Crippen LogP contribution in [0.5, 0.6) is 5.75 Å². The van der Waals surface area contributed by atoms with Crippen LogP contribution in [-0.4, -0.2) is 37.0 Å². The van der Waals surface area contributed by atoms with E-state index >= 15 is 0 Å². The number of alkyl halides is 1. The highest BCUT2D eigenvalue weighted by molar-refractivity contribution is 6.21. The number of halogens is 1. The minimum atomic E-state index is -0.125. The van der Waals surface area contributed by atoms with Crippen LogP contribution in [0.4, 0.5) is 5.69 Å². The van der Waals surface area contributed by atoms with E-state index in [1.807, 2.05) is 18.2 Å². The van der Waals surface area contributed by atoms with Gasteiger partial charge in [0.2, 0.25) is 0 Å². The fraction of sp³-hybridized carbons (Fsp3) is 0.500. The van der Waals surface area contributed by atoms with Gasteiger partial charge in [-0.1, -0.05) is 19.9 Å². The smallest absolute Gasteiger partial charge is 0.262 e. The molecule has 0 spiro atoms. The first kappa shape index (κ1) is 14.2. The lowest BCUT2D eigenvalue weighted by molar-refractivity contribution is -0.118. The number of anilines is 1. The average molecular weight is 283 g/mol. The standard InChI is InChI=1S/C14H19ClN2O2/c1-3-17(4-2)8-11(15)10-5-6-13-12(7-10)16-14(18)9-19-13/h5-7,11H,3-4,8-9H2,1-2H3,(H,16,18). The van der Waals surface area contributed by atoms with Crippen LogP contribution in [0.1, 0.15) is 24.8 Å². The Bertz CT molecular complexity index is 461. The lowest BCUT2D eigenvalue weighted by Crippen LogP contribution is -2.27. The lowest BCUT2D eigenvalue weighted by atomic mass is 10.1. The third-order valence-electron chi connectivity index (χ3n) is 3.31. The van der Waals surface area contributed by atoms with Crippen molar-refractivity contribution in [3.8, 4) is 5.75 Å². The van der Waals surface area contributed by atoms with Crippen LogP contribution in [0.15, 0.2) is 18.2 Å². The first-order valence-electron chi connectivity index (χ1n) is 6.57. The Labute approximate surface area is 118 Å². The number of carbonyl (C=O) groups is 1. The second-order valence-electron chi connectivity index (χ2n) is 4.55. The van der Waals surface area contributed by atoms with E-state index in [-0.39, 0.29) is 17.9 Å². The first-order chi connectivity index (χ1) is 9.13. The SMILES string of the molecule is CCN(CC)CC(Cl)c1ccc2c(c1)NC(=O)CO2. The van der Waals surface area contributed by atoms with Crippen LogP contribution in [0.25, 0.3) is 0 Å². The second-order valence-corrected chi connectivity index (χ2v) is 5.07. The summed E-state index contributed by atoms with van der Waals surface area (Å²) in [7, 11) is 0. The molecule has 1 unspecified atom stereocenters. The van der Waals surface area contributed by atoms with Crippen molar-refractivity contribution in [2.45, 2.75) is 19.2 Å². The summed E-state index contributed by atoms with van der Waals surface area (Å²) >= 11 is 6.44. The van der Waals surface area contributed by atoms with E-state index in [2.05, 4.69) is 24.1 Å². The quantitative estimate of drug-likeness (QED) is 0.844. The molecule has 1 atom stereocenters. The number of rotatable bonds is 5. The number of hydrogen-bond donors (Lipinski definition) is 1. The van der Waals surface area contributed by atoms with Crippen molar-refractivity contribution in [2.75, 3.05) is 31.6 Å². The van der Waals surface area contributed by atoms with E-state index in [4.69, 9.17) is 16.3 Å². The van der Waals surface area contributed by atoms with Gasteiger partial charge < -0.3 is 15.0 Å². The molecular formula is C14H19ClN2O2. The summed E-state index contributed by atoms with van der Waals surface area (Å²) in [4.78, 5) is 13.6. The zero-order chi connectivity index (χ0) is 13.8. The number of benzene rings is 1. The number of carbonyl (C=O) groups excluding carboxylic acids is 1. The van der Waals surface area contributed by atoms with Crippen LogP contribution < -0.4 is 10.1 Å². The van der Waals surface area contributed by atoms with Gasteiger partial charge in [-0.3, -0.25) is 4.79 Å². The summed E-state index contributed by atoms with van der Waals surface area (Å²) in [6, 6.07) is 5.72. The molecule has 0 aromatic heterocycles. The fourth-order valence-electron chi connectivity index (χ4n) is 2.11. The molecule has 2 rings (SSSR count). The van der Waals surface area contributed by atoms with Crippen molar-refractivity contribution >= 4 is 23.2 Å². The summed E-state index contributed by atoms with van der Waals surface area (Å²) in [6.45, 7) is 7.06. The van der Waals surface area contributed by atoms with Crippen molar-refractivity contribution in [3.05, 3.63) is 23.8 Å². The summed E-state index contributed by atoms with van der Waals surface area (Å²) in [5.41, 5.74) is 1.71. The maximum absolute atomic E-state index is 11.3. The third-order valence-corrected chi connectivity index (χ3v) is 3.70. The van der Waals surface area contributed by atoms with Gasteiger partial charge in [-0.15, -0.1) is 11.6 Å². The number of amides is 1. The number of likely N-dealkylation sites (N-methyl/N-ethyl adjacent to an activating group) is 1. The minimum absolute atomic E-state index is 0.0795. The highest BCUT2D eigenvalue weighted by atomic mass is 35.5. The third kappa shape index (κ3) is 3.39. The van der Waals surface area contributed by atoms with Crippen LogP contribution in [-0.2, 0) is 4.79 Å². The molecule has 5 heteroatoms. The van der Waals surface area contributed by atoms with Gasteiger partial charge in [-0.2, -0.15) is 0 Å². The van der Waals surface area contributed by atoms with E-state index in [0.29, 0.717) is 11.4 Å². The van der Waals surface area contributed by atoms with Crippen LogP contribution in [0.3, 0.4) is 0 Å². The highest BCUT2D eigenvalue weighted by Gasteiger charge is 2.18. The maximum atomic E-state index is 11.3. The zero-order valence-corrected chi connectivity index (χ0v) is 12.0. The number of nitrogens with zero attached hydrogens (tertiary/aromatic N) is 1. The molecule has 1 aromatic rings. The Balaban J connectivity index is 2.12. The fourth-order valence-corrected chi connectivity index (χ4v) is 2.44. The van der Waals surface area contributed by atoms with E-state index in [1.54, 1.807) is 0 Å². The van der Waals surface area contributed by atoms with Crippen molar-refractivity contribution in [2.24, 2.45) is 0 Å². The molecule has 4 nitrogen and oxygen atoms in total. The molecule has 0 radical (unpaired) electrons. The molecule has 0 fully saturated rings. The van der Waals surface area contributed by atoms with Crippen molar-refractivity contribution in [1.82, 2.24) is 4.90 Å². The molecular weight excluding hydrogens is 264 g/mol. The number of ether oxygens (including phenoxy) is 1. The van der Waals surface area contributed by atoms with Crippen LogP contribution in [0, 0.1) is 0 Å². The van der Waals surface area contributed by atoms with E-state index in [9.17, 15) is 4.79 Å². The van der Waals surface area contributed by atoms with Gasteiger partial charge in [0.05, 0.1) is 11.1 Å². The molecule has 0 bridgehead atoms. The molecule has 0 aliphatic carbocycles. The molecule has 0 saturated carbocycles. The Kier molecular flexibility index (Phi) is 4.66. The van der Waals surface area contributed by atoms with E-state index < -0.39 is 0 Å². The highest BCUT2D eigenvalue weighted by Crippen LogP contribution is 2.32. The zero-order valence-electron chi connectivity index (χ0n) is 11.3. The van der Waals surface area contributed by atoms with Gasteiger partial charge in [0.1, 0.15) is 5.75 Å². The average Bonchev–Trinajstić information content (AvgIpc) is 2.43. The van der Waals surface area contributed by atoms with Crippen LogP contribution in [0.2, 0.25) is 0 Å². The van der Waals surface area contributed by atoms with E-state index in [1.165, 1.54) is 0 Å². The normalized spacial score (nSPS) is 15.7. The van der Waals surface area contributed by atoms with Crippen LogP contribution >= 0.6 is 11.6 Å². The molecule has 1 heterocycles. The van der Waals surface area contributed by atoms with Gasteiger partial charge in [-0.25, -0.2) is 0 Å². The molecule has 0 saturated heterocycles. The van der Waals surface area contributed by atoms with Crippen molar-refractivity contribution in [1.29, 1.82) is 0 Å². The molecule has 1 amide bonds. The largest absolute Gasteiger partial charge is 0.482 e. The topological polar surface area (TPSA) is 41.6 Å². The first-order valence-corrected chi connectivity index (χ1v) is 7.00. The molecule has 1 aliphatic rings. The summed E-state index contributed by atoms with van der Waals surface area (Å²) in [5.74, 6) is 0.578. The van der Waals surface area contributed by atoms with Gasteiger partial charge in [0.15, 0.2) is 6.61 Å². The maximum Gasteiger partial charge on any atom is 0.262 e. The minimum Gasteiger partial charge on any atom is -0.482 e. The van der Waals surface area contributed by atoms with Crippen molar-refractivity contribution < 1.29 is 9.53 Å². The number of fused-ring (bicyclic) bond motifs is 1. The molecule has 19 heavy (non-hydrogen) atoms. The van der Waals surface area contributed by atoms with Gasteiger partial charge in [0, 0.05) is 6.54 Å². The number of hydrogen-bond acceptors (Lipinski definition) is 3. The number of nitrogens with one attached hydrogen (secondary N) is 1. The Morgan fingerprint density at radius 3 is 2.84 bits per heavy atom. The Morgan fingerprint density at radius 1 is 1.42 bits per heavy atom. The van der Waals surface area contributed by atoms with Gasteiger partial charge in [-0.05, 0) is 30.8 Å². The van der Waals surface area contributed by atoms with Gasteiger partial charge in [0.25, 0.3) is 5.91 Å². The van der Waals surface area contributed by atoms with E-state index in [0.717, 1.165) is 25.2 Å². The summed E-state index contributed by atoms with van der Waals surface area (Å²) in [6.07, 6.45) is 0. The lowest BCUT2D eigenvalue weighted by Gasteiger charge is -2.23. The Morgan fingerprint density at radius 2 is 2.16 bits per heavy atom. The summed E-state index contributed by atoms with van der Waals surface area (Å²) < 4.78 is 5.33. The predicted octanol–water partition coefficient (Wildman–Crippen LogP) is 2.64. The van der Waals surface area contributed by atoms with Crippen molar-refractivity contribution in [3.63, 3.8) is 0 Å². The van der Waals surface area contributed by atoms with Gasteiger partial charge >= 0.3 is 0 Å². The predicted molar refractivity (Wildman–Crippen MR) is 76.9 cm³/mol. The molecule has 1 aromatic carbocycles.